The van der Waals surface area contributed by atoms with E-state index in [9.17, 15) is 9.59 Å². The fraction of sp³-hybridized carbons (Fsp3) is 0.250. The molecule has 0 spiro atoms. The summed E-state index contributed by atoms with van der Waals surface area (Å²) in [6.07, 6.45) is 3.34. The molecule has 2 N–H and O–H groups in total. The van der Waals surface area contributed by atoms with E-state index in [-0.39, 0.29) is 24.0 Å². The Bertz CT molecular complexity index is 617. The average molecular weight is 300 g/mol. The van der Waals surface area contributed by atoms with Gasteiger partial charge in [-0.25, -0.2) is 9.59 Å². The van der Waals surface area contributed by atoms with Crippen molar-refractivity contribution >= 4 is 23.5 Å². The molecular formula is C16H16N2O4. The van der Waals surface area contributed by atoms with Crippen LogP contribution in [0.25, 0.3) is 11.5 Å². The zero-order chi connectivity index (χ0) is 15.7. The summed E-state index contributed by atoms with van der Waals surface area (Å²) >= 11 is 0. The Morgan fingerprint density at radius 2 is 1.14 bits per heavy atom. The third-order valence-electron chi connectivity index (χ3n) is 3.51. The standard InChI is InChI=1S/C16H16N2O4/c1-9-15(19)21-13(7-17-9)11-3-5-12(6-4-11)14-8-18-10(2)16(20)22-14/h3-10,17-18H,1-2H3. The van der Waals surface area contributed by atoms with Gasteiger partial charge in [0.25, 0.3) is 0 Å². The molecule has 0 amide bonds. The summed E-state index contributed by atoms with van der Waals surface area (Å²) in [7, 11) is 0. The van der Waals surface area contributed by atoms with E-state index >= 15 is 0 Å². The lowest BCUT2D eigenvalue weighted by atomic mass is 10.1. The van der Waals surface area contributed by atoms with Crippen LogP contribution in [0.15, 0.2) is 36.7 Å². The Morgan fingerprint density at radius 1 is 0.773 bits per heavy atom. The van der Waals surface area contributed by atoms with Crippen LogP contribution in [-0.4, -0.2) is 24.0 Å². The van der Waals surface area contributed by atoms with Gasteiger partial charge in [-0.1, -0.05) is 24.3 Å². The molecule has 0 radical (unpaired) electrons. The van der Waals surface area contributed by atoms with Crippen LogP contribution in [0.4, 0.5) is 0 Å². The van der Waals surface area contributed by atoms with E-state index in [1.165, 1.54) is 0 Å². The topological polar surface area (TPSA) is 76.7 Å². The summed E-state index contributed by atoms with van der Waals surface area (Å²) in [6, 6.07) is 6.53. The van der Waals surface area contributed by atoms with Gasteiger partial charge in [0.1, 0.15) is 12.1 Å². The molecule has 0 aromatic heterocycles. The summed E-state index contributed by atoms with van der Waals surface area (Å²) in [4.78, 5) is 23.1. The molecule has 0 saturated heterocycles. The maximum atomic E-state index is 11.6. The highest BCUT2D eigenvalue weighted by Gasteiger charge is 2.23. The van der Waals surface area contributed by atoms with Crippen LogP contribution < -0.4 is 10.6 Å². The second-order valence-electron chi connectivity index (χ2n) is 5.21. The minimum absolute atomic E-state index is 0.316. The van der Waals surface area contributed by atoms with Gasteiger partial charge in [0.05, 0.1) is 0 Å². The van der Waals surface area contributed by atoms with E-state index in [2.05, 4.69) is 10.6 Å². The molecule has 6 nitrogen and oxygen atoms in total. The lowest BCUT2D eigenvalue weighted by Gasteiger charge is -2.21. The summed E-state index contributed by atoms with van der Waals surface area (Å²) < 4.78 is 10.5. The van der Waals surface area contributed by atoms with E-state index in [1.54, 1.807) is 50.5 Å². The predicted octanol–water partition coefficient (Wildman–Crippen LogP) is 1.35. The molecule has 114 valence electrons. The minimum atomic E-state index is -0.345. The Balaban J connectivity index is 1.79. The molecule has 2 unspecified atom stereocenters. The molecule has 1 aromatic carbocycles. The van der Waals surface area contributed by atoms with Gasteiger partial charge in [-0.15, -0.1) is 0 Å². The smallest absolute Gasteiger partial charge is 0.333 e. The first-order valence-electron chi connectivity index (χ1n) is 7.01. The molecule has 6 heteroatoms. The number of cyclic esters (lactones) is 2. The maximum absolute atomic E-state index is 11.6. The number of nitrogens with one attached hydrogen (secondary N) is 2. The van der Waals surface area contributed by atoms with Crippen LogP contribution in [0.5, 0.6) is 0 Å². The van der Waals surface area contributed by atoms with E-state index in [0.717, 1.165) is 11.1 Å². The van der Waals surface area contributed by atoms with Crippen LogP contribution in [0.3, 0.4) is 0 Å². The number of benzene rings is 1. The first kappa shape index (κ1) is 14.2. The number of carbonyl (C=O) groups is 2. The van der Waals surface area contributed by atoms with Crippen molar-refractivity contribution < 1.29 is 19.1 Å². The molecule has 0 bridgehead atoms. The van der Waals surface area contributed by atoms with Crippen molar-refractivity contribution in [2.75, 3.05) is 0 Å². The average Bonchev–Trinajstić information content (AvgIpc) is 2.53. The number of ether oxygens (including phenoxy) is 2. The van der Waals surface area contributed by atoms with Gasteiger partial charge in [-0.2, -0.15) is 0 Å². The summed E-state index contributed by atoms with van der Waals surface area (Å²) in [5.74, 6) is 0.305. The van der Waals surface area contributed by atoms with Gasteiger partial charge < -0.3 is 20.1 Å². The first-order valence-corrected chi connectivity index (χ1v) is 7.01. The van der Waals surface area contributed by atoms with E-state index in [4.69, 9.17) is 9.47 Å². The molecule has 0 aliphatic carbocycles. The fourth-order valence-corrected chi connectivity index (χ4v) is 2.07. The van der Waals surface area contributed by atoms with E-state index < -0.39 is 0 Å². The molecule has 2 atom stereocenters. The third-order valence-corrected chi connectivity index (χ3v) is 3.51. The van der Waals surface area contributed by atoms with Gasteiger partial charge in [-0.05, 0) is 13.8 Å². The van der Waals surface area contributed by atoms with Gasteiger partial charge in [0.2, 0.25) is 0 Å². The van der Waals surface area contributed by atoms with Crippen molar-refractivity contribution in [3.8, 4) is 0 Å². The normalized spacial score (nSPS) is 24.3. The minimum Gasteiger partial charge on any atom is -0.423 e. The van der Waals surface area contributed by atoms with Crippen molar-refractivity contribution in [1.29, 1.82) is 0 Å². The van der Waals surface area contributed by atoms with Gasteiger partial charge >= 0.3 is 11.9 Å². The highest BCUT2D eigenvalue weighted by atomic mass is 16.5. The monoisotopic (exact) mass is 300 g/mol. The molecule has 2 aliphatic rings. The van der Waals surface area contributed by atoms with E-state index in [0.29, 0.717) is 11.5 Å². The molecule has 22 heavy (non-hydrogen) atoms. The maximum Gasteiger partial charge on any atom is 0.333 e. The van der Waals surface area contributed by atoms with Gasteiger partial charge in [0, 0.05) is 23.5 Å². The number of hydrogen-bond acceptors (Lipinski definition) is 6. The summed E-state index contributed by atoms with van der Waals surface area (Å²) in [5, 5.41) is 5.88. The second-order valence-corrected chi connectivity index (χ2v) is 5.21. The van der Waals surface area contributed by atoms with E-state index in [1.807, 2.05) is 0 Å². The highest BCUT2D eigenvalue weighted by Crippen LogP contribution is 2.23. The van der Waals surface area contributed by atoms with Gasteiger partial charge in [0.15, 0.2) is 11.5 Å². The van der Waals surface area contributed by atoms with Crippen LogP contribution in [0.1, 0.15) is 25.0 Å². The van der Waals surface area contributed by atoms with Crippen LogP contribution >= 0.6 is 0 Å². The molecule has 2 aliphatic heterocycles. The van der Waals surface area contributed by atoms with Crippen LogP contribution in [0.2, 0.25) is 0 Å². The lowest BCUT2D eigenvalue weighted by molar-refractivity contribution is -0.140. The van der Waals surface area contributed by atoms with Crippen molar-refractivity contribution in [2.45, 2.75) is 25.9 Å². The first-order chi connectivity index (χ1) is 10.5. The van der Waals surface area contributed by atoms with Crippen molar-refractivity contribution in [2.24, 2.45) is 0 Å². The second kappa shape index (κ2) is 5.55. The number of carbonyl (C=O) groups excluding carboxylic acids is 2. The van der Waals surface area contributed by atoms with Crippen LogP contribution in [0, 0.1) is 0 Å². The van der Waals surface area contributed by atoms with Gasteiger partial charge in [-0.3, -0.25) is 0 Å². The Hall–Kier alpha value is -2.76. The summed E-state index contributed by atoms with van der Waals surface area (Å²) in [6.45, 7) is 3.47. The largest absolute Gasteiger partial charge is 0.423 e. The quantitative estimate of drug-likeness (QED) is 0.803. The fourth-order valence-electron chi connectivity index (χ4n) is 2.07. The molecule has 0 fully saturated rings. The molecule has 2 heterocycles. The Kier molecular flexibility index (Phi) is 3.58. The summed E-state index contributed by atoms with van der Waals surface area (Å²) in [5.41, 5.74) is 1.53. The number of hydrogen-bond donors (Lipinski definition) is 2. The zero-order valence-corrected chi connectivity index (χ0v) is 12.3. The molecule has 1 aromatic rings. The third kappa shape index (κ3) is 2.67. The Morgan fingerprint density at radius 3 is 1.45 bits per heavy atom. The molecule has 3 rings (SSSR count). The van der Waals surface area contributed by atoms with Crippen molar-refractivity contribution in [3.63, 3.8) is 0 Å². The van der Waals surface area contributed by atoms with Crippen molar-refractivity contribution in [3.05, 3.63) is 47.8 Å². The highest BCUT2D eigenvalue weighted by molar-refractivity contribution is 5.86. The zero-order valence-electron chi connectivity index (χ0n) is 12.3. The van der Waals surface area contributed by atoms with Crippen molar-refractivity contribution in [1.82, 2.24) is 10.6 Å². The van der Waals surface area contributed by atoms with Crippen LogP contribution in [-0.2, 0) is 19.1 Å². The SMILES string of the molecule is CC1NC=C(c2ccc(C3=CNC(C)C(=O)O3)cc2)OC1=O. The number of esters is 2. The molecule has 0 saturated carbocycles. The Labute approximate surface area is 127 Å². The predicted molar refractivity (Wildman–Crippen MR) is 79.8 cm³/mol. The lowest BCUT2D eigenvalue weighted by Crippen LogP contribution is -2.35. The number of rotatable bonds is 2. The molecular weight excluding hydrogens is 284 g/mol.